The number of nitrogens with two attached hydrogens (primary N) is 4. The van der Waals surface area contributed by atoms with Gasteiger partial charge in [0.15, 0.2) is 0 Å². The maximum atomic E-state index is 8.88. The van der Waals surface area contributed by atoms with Gasteiger partial charge in [0.2, 0.25) is 11.9 Å². The molecule has 0 heterocycles. The molecule has 0 aromatic rings. The first-order chi connectivity index (χ1) is 8.02. The molecule has 0 aromatic carbocycles. The maximum Gasteiger partial charge on any atom is 0.466 e. The van der Waals surface area contributed by atoms with Crippen LogP contribution < -0.4 is 22.9 Å². The van der Waals surface area contributed by atoms with Gasteiger partial charge in [-0.25, -0.2) is 4.57 Å². The molecule has 0 spiro atoms. The molecule has 0 fully saturated rings. The van der Waals surface area contributed by atoms with Gasteiger partial charge in [-0.3, -0.25) is 0 Å². The lowest BCUT2D eigenvalue weighted by Gasteiger charge is -1.86. The minimum absolute atomic E-state index is 0.130. The van der Waals surface area contributed by atoms with Crippen LogP contribution in [0.1, 0.15) is 6.92 Å². The smallest absolute Gasteiger partial charge is 0.369 e. The van der Waals surface area contributed by atoms with Crippen molar-refractivity contribution in [1.82, 2.24) is 0 Å². The highest BCUT2D eigenvalue weighted by Gasteiger charge is 2.00. The Morgan fingerprint density at radius 2 is 1.39 bits per heavy atom. The van der Waals surface area contributed by atoms with Gasteiger partial charge in [-0.05, 0) is 6.92 Å². The minimum Gasteiger partial charge on any atom is -0.369 e. The van der Waals surface area contributed by atoms with Crippen LogP contribution >= 0.6 is 7.82 Å². The van der Waals surface area contributed by atoms with Gasteiger partial charge in [-0.2, -0.15) is 10.2 Å². The van der Waals surface area contributed by atoms with Gasteiger partial charge in [-0.15, -0.1) is 10.2 Å². The fourth-order valence-electron chi connectivity index (χ4n) is 0.342. The van der Waals surface area contributed by atoms with Crippen LogP contribution in [-0.4, -0.2) is 38.5 Å². The number of phosphoric acid groups is 1. The van der Waals surface area contributed by atoms with Crippen molar-refractivity contribution in [3.63, 3.8) is 0 Å². The molecule has 0 aliphatic rings. The maximum absolute atomic E-state index is 8.88. The van der Waals surface area contributed by atoms with Crippen LogP contribution in [0.5, 0.6) is 0 Å². The van der Waals surface area contributed by atoms with E-state index in [0.29, 0.717) is 5.71 Å². The summed E-state index contributed by atoms with van der Waals surface area (Å²) in [5.74, 6) is -0.263. The van der Waals surface area contributed by atoms with Crippen LogP contribution in [0.2, 0.25) is 0 Å². The van der Waals surface area contributed by atoms with Gasteiger partial charge < -0.3 is 37.6 Å². The van der Waals surface area contributed by atoms with E-state index in [4.69, 9.17) is 42.2 Å². The van der Waals surface area contributed by atoms with Gasteiger partial charge in [0.25, 0.3) is 0 Å². The number of nitrogens with zero attached hydrogens (tertiary/aromatic N) is 4. The van der Waals surface area contributed by atoms with Crippen molar-refractivity contribution < 1.29 is 19.2 Å². The molecule has 0 aromatic heterocycles. The Bertz CT molecular complexity index is 393. The standard InChI is InChI=1S/C5H12N8.H3O4P/c1-3(11-13-5(8)9)2-10-12-4(6)7;1-5(2,3)4/h2H,1H3,(H4,6,7,12)(H4,8,9,13);(H3,1,2,3,4)/b10-2+,11-3-;. The first-order valence-corrected chi connectivity index (χ1v) is 5.62. The van der Waals surface area contributed by atoms with E-state index in [9.17, 15) is 0 Å². The first-order valence-electron chi connectivity index (χ1n) is 4.05. The van der Waals surface area contributed by atoms with Crippen molar-refractivity contribution in [2.45, 2.75) is 6.92 Å². The van der Waals surface area contributed by atoms with E-state index in [0.717, 1.165) is 0 Å². The Labute approximate surface area is 102 Å². The van der Waals surface area contributed by atoms with Crippen LogP contribution in [-0.2, 0) is 4.57 Å². The molecule has 11 N–H and O–H groups in total. The Balaban J connectivity index is 0. The molecule has 0 aliphatic heterocycles. The molecule has 12 nitrogen and oxygen atoms in total. The average Bonchev–Trinajstić information content (AvgIpc) is 2.11. The molecule has 0 saturated heterocycles. The number of hydrogen-bond acceptors (Lipinski definition) is 5. The summed E-state index contributed by atoms with van der Waals surface area (Å²) in [7, 11) is -4.64. The Morgan fingerprint density at radius 1 is 1.00 bits per heavy atom. The number of guanidine groups is 2. The Kier molecular flexibility index (Phi) is 9.25. The second-order valence-electron chi connectivity index (χ2n) is 2.55. The molecule has 0 atom stereocenters. The number of hydrogen-bond donors (Lipinski definition) is 7. The molecule has 0 radical (unpaired) electrons. The van der Waals surface area contributed by atoms with E-state index >= 15 is 0 Å². The third-order valence-corrected chi connectivity index (χ3v) is 0.741. The summed E-state index contributed by atoms with van der Waals surface area (Å²) >= 11 is 0. The lowest BCUT2D eigenvalue weighted by Crippen LogP contribution is -2.22. The Morgan fingerprint density at radius 3 is 1.72 bits per heavy atom. The highest BCUT2D eigenvalue weighted by atomic mass is 31.2. The fraction of sp³-hybridized carbons (Fsp3) is 0.200. The Hall–Kier alpha value is -2.01. The molecule has 0 amide bonds. The van der Waals surface area contributed by atoms with E-state index in [2.05, 4.69) is 20.4 Å². The van der Waals surface area contributed by atoms with Crippen molar-refractivity contribution >= 4 is 31.7 Å². The van der Waals surface area contributed by atoms with Crippen LogP contribution in [0.4, 0.5) is 0 Å². The predicted octanol–water partition coefficient (Wildman–Crippen LogP) is -3.03. The zero-order chi connectivity index (χ0) is 14.8. The molecule has 0 aliphatic carbocycles. The van der Waals surface area contributed by atoms with Gasteiger partial charge in [0.05, 0.1) is 11.9 Å². The van der Waals surface area contributed by atoms with Crippen molar-refractivity contribution in [2.24, 2.45) is 43.3 Å². The van der Waals surface area contributed by atoms with Crippen molar-refractivity contribution in [3.05, 3.63) is 0 Å². The van der Waals surface area contributed by atoms with E-state index in [-0.39, 0.29) is 11.9 Å². The molecule has 104 valence electrons. The zero-order valence-corrected chi connectivity index (χ0v) is 10.3. The van der Waals surface area contributed by atoms with Gasteiger partial charge >= 0.3 is 7.82 Å². The summed E-state index contributed by atoms with van der Waals surface area (Å²) in [6.07, 6.45) is 1.31. The molecule has 18 heavy (non-hydrogen) atoms. The van der Waals surface area contributed by atoms with Crippen LogP contribution in [0, 0.1) is 0 Å². The molecule has 0 rings (SSSR count). The summed E-state index contributed by atoms with van der Waals surface area (Å²) in [5, 5.41) is 13.8. The lowest BCUT2D eigenvalue weighted by molar-refractivity contribution is 0.275. The SMILES string of the molecule is CC(/C=N/N=C(N)N)=N/N=C(N)N.O=P(O)(O)O. The second kappa shape index (κ2) is 9.07. The van der Waals surface area contributed by atoms with Crippen LogP contribution in [0.25, 0.3) is 0 Å². The third kappa shape index (κ3) is 29.2. The molecule has 13 heteroatoms. The third-order valence-electron chi connectivity index (χ3n) is 0.741. The van der Waals surface area contributed by atoms with E-state index < -0.39 is 7.82 Å². The molecular weight excluding hydrogens is 267 g/mol. The summed E-state index contributed by atoms with van der Waals surface area (Å²) < 4.78 is 8.88. The average molecular weight is 282 g/mol. The predicted molar refractivity (Wildman–Crippen MR) is 67.5 cm³/mol. The lowest BCUT2D eigenvalue weighted by atomic mass is 10.5. The second-order valence-corrected chi connectivity index (χ2v) is 3.58. The van der Waals surface area contributed by atoms with Crippen molar-refractivity contribution in [1.29, 1.82) is 0 Å². The minimum atomic E-state index is -4.64. The summed E-state index contributed by atoms with van der Waals surface area (Å²) in [6, 6.07) is 0. The van der Waals surface area contributed by atoms with E-state index in [1.807, 2.05) is 0 Å². The monoisotopic (exact) mass is 282 g/mol. The zero-order valence-electron chi connectivity index (χ0n) is 9.37. The molecule has 0 unspecified atom stereocenters. The number of rotatable bonds is 3. The quantitative estimate of drug-likeness (QED) is 0.121. The molecule has 0 bridgehead atoms. The van der Waals surface area contributed by atoms with Crippen LogP contribution in [0.3, 0.4) is 0 Å². The molecular formula is C5H15N8O4P. The van der Waals surface area contributed by atoms with Crippen molar-refractivity contribution in [2.75, 3.05) is 0 Å². The van der Waals surface area contributed by atoms with Crippen molar-refractivity contribution in [3.8, 4) is 0 Å². The van der Waals surface area contributed by atoms with Crippen LogP contribution in [0.15, 0.2) is 20.4 Å². The fourth-order valence-corrected chi connectivity index (χ4v) is 0.342. The summed E-state index contributed by atoms with van der Waals surface area (Å²) in [6.45, 7) is 1.64. The largest absolute Gasteiger partial charge is 0.466 e. The highest BCUT2D eigenvalue weighted by molar-refractivity contribution is 7.45. The highest BCUT2D eigenvalue weighted by Crippen LogP contribution is 2.25. The van der Waals surface area contributed by atoms with Gasteiger partial charge in [0.1, 0.15) is 0 Å². The topological polar surface area (TPSA) is 231 Å². The normalized spacial score (nSPS) is 11.4. The van der Waals surface area contributed by atoms with Gasteiger partial charge in [-0.1, -0.05) is 0 Å². The van der Waals surface area contributed by atoms with E-state index in [1.165, 1.54) is 6.21 Å². The summed E-state index contributed by atoms with van der Waals surface area (Å²) in [4.78, 5) is 21.6. The summed E-state index contributed by atoms with van der Waals surface area (Å²) in [5.41, 5.74) is 20.5. The van der Waals surface area contributed by atoms with E-state index in [1.54, 1.807) is 6.92 Å². The first kappa shape index (κ1) is 18.4. The van der Waals surface area contributed by atoms with Gasteiger partial charge in [0, 0.05) is 0 Å². The molecule has 0 saturated carbocycles.